The first-order valence-electron chi connectivity index (χ1n) is 6.09. The largest absolute Gasteiger partial charge is 0.478 e. The van der Waals surface area contributed by atoms with Crippen molar-refractivity contribution in [1.82, 2.24) is 4.57 Å². The molecule has 1 N–H and O–H groups in total. The maximum Gasteiger partial charge on any atom is 0.355 e. The minimum atomic E-state index is -0.979. The second-order valence-electron chi connectivity index (χ2n) is 4.59. The molecule has 0 fully saturated rings. The lowest BCUT2D eigenvalue weighted by molar-refractivity contribution is 0.0460. The van der Waals surface area contributed by atoms with Crippen LogP contribution >= 0.6 is 0 Å². The van der Waals surface area contributed by atoms with Crippen LogP contribution in [0.3, 0.4) is 0 Å². The van der Waals surface area contributed by atoms with Gasteiger partial charge in [0.15, 0.2) is 0 Å². The van der Waals surface area contributed by atoms with Crippen LogP contribution in [0.4, 0.5) is 0 Å². The van der Waals surface area contributed by atoms with Crippen molar-refractivity contribution in [3.63, 3.8) is 0 Å². The monoisotopic (exact) mass is 273 g/mol. The van der Waals surface area contributed by atoms with Crippen LogP contribution < -0.4 is 0 Å². The lowest BCUT2D eigenvalue weighted by Gasteiger charge is -2.06. The molecule has 0 aliphatic rings. The Morgan fingerprint density at radius 2 is 1.90 bits per heavy atom. The van der Waals surface area contributed by atoms with Crippen molar-refractivity contribution >= 4 is 11.9 Å². The van der Waals surface area contributed by atoms with Crippen molar-refractivity contribution in [2.45, 2.75) is 13.5 Å². The molecule has 5 nitrogen and oxygen atoms in total. The molecule has 0 saturated carbocycles. The average Bonchev–Trinajstić information content (AvgIpc) is 2.75. The number of aromatic carboxylic acids is 1. The van der Waals surface area contributed by atoms with Crippen molar-refractivity contribution in [3.05, 3.63) is 58.9 Å². The van der Waals surface area contributed by atoms with Gasteiger partial charge in [-0.3, -0.25) is 0 Å². The van der Waals surface area contributed by atoms with E-state index in [-0.39, 0.29) is 12.2 Å². The number of carboxylic acid groups (broad SMARTS) is 1. The summed E-state index contributed by atoms with van der Waals surface area (Å²) in [4.78, 5) is 22.6. The summed E-state index contributed by atoms with van der Waals surface area (Å²) in [6.07, 6.45) is 1.85. The molecule has 0 radical (unpaired) electrons. The van der Waals surface area contributed by atoms with Crippen LogP contribution in [0, 0.1) is 6.92 Å². The molecule has 1 heterocycles. The standard InChI is InChI=1S/C15H15NO4/c1-10-7-13(16(2)8-10)15(19)20-9-11-3-5-12(6-4-11)14(17)18/h3-8H,9H2,1-2H3,(H,17,18). The Kier molecular flexibility index (Phi) is 3.89. The van der Waals surface area contributed by atoms with Crippen LogP contribution in [-0.4, -0.2) is 21.6 Å². The number of aromatic nitrogens is 1. The highest BCUT2D eigenvalue weighted by Crippen LogP contribution is 2.10. The molecule has 2 rings (SSSR count). The normalized spacial score (nSPS) is 10.3. The number of esters is 1. The van der Waals surface area contributed by atoms with Crippen molar-refractivity contribution in [3.8, 4) is 0 Å². The van der Waals surface area contributed by atoms with E-state index >= 15 is 0 Å². The highest BCUT2D eigenvalue weighted by Gasteiger charge is 2.12. The quantitative estimate of drug-likeness (QED) is 0.868. The lowest BCUT2D eigenvalue weighted by Crippen LogP contribution is -2.09. The Morgan fingerprint density at radius 3 is 2.40 bits per heavy atom. The predicted octanol–water partition coefficient (Wildman–Crippen LogP) is 2.39. The average molecular weight is 273 g/mol. The van der Waals surface area contributed by atoms with Gasteiger partial charge in [0.2, 0.25) is 0 Å². The first-order chi connectivity index (χ1) is 9.47. The molecule has 0 saturated heterocycles. The number of carbonyl (C=O) groups is 2. The fourth-order valence-corrected chi connectivity index (χ4v) is 1.90. The van der Waals surface area contributed by atoms with E-state index in [1.165, 1.54) is 12.1 Å². The summed E-state index contributed by atoms with van der Waals surface area (Å²) >= 11 is 0. The van der Waals surface area contributed by atoms with Crippen molar-refractivity contribution < 1.29 is 19.4 Å². The summed E-state index contributed by atoms with van der Waals surface area (Å²) in [6, 6.07) is 7.99. The second-order valence-corrected chi connectivity index (χ2v) is 4.59. The SMILES string of the molecule is Cc1cc(C(=O)OCc2ccc(C(=O)O)cc2)n(C)c1. The van der Waals surface area contributed by atoms with Crippen LogP contribution in [-0.2, 0) is 18.4 Å². The van der Waals surface area contributed by atoms with Gasteiger partial charge >= 0.3 is 11.9 Å². The van der Waals surface area contributed by atoms with Crippen LogP contribution in [0.5, 0.6) is 0 Å². The van der Waals surface area contributed by atoms with Gasteiger partial charge in [-0.25, -0.2) is 9.59 Å². The van der Waals surface area contributed by atoms with E-state index in [4.69, 9.17) is 9.84 Å². The molecule has 20 heavy (non-hydrogen) atoms. The maximum absolute atomic E-state index is 11.9. The van der Waals surface area contributed by atoms with Gasteiger partial charge in [0.1, 0.15) is 12.3 Å². The van der Waals surface area contributed by atoms with Gasteiger partial charge in [-0.1, -0.05) is 12.1 Å². The number of carbonyl (C=O) groups excluding carboxylic acids is 1. The van der Waals surface area contributed by atoms with Crippen molar-refractivity contribution in [2.24, 2.45) is 7.05 Å². The minimum absolute atomic E-state index is 0.114. The topological polar surface area (TPSA) is 68.5 Å². The van der Waals surface area contributed by atoms with E-state index in [2.05, 4.69) is 0 Å². The molecule has 0 unspecified atom stereocenters. The van der Waals surface area contributed by atoms with Gasteiger partial charge in [0.25, 0.3) is 0 Å². The summed E-state index contributed by atoms with van der Waals surface area (Å²) in [5.74, 6) is -1.38. The Morgan fingerprint density at radius 1 is 1.25 bits per heavy atom. The first kappa shape index (κ1) is 13.9. The summed E-state index contributed by atoms with van der Waals surface area (Å²) in [5, 5.41) is 8.79. The number of hydrogen-bond acceptors (Lipinski definition) is 3. The third kappa shape index (κ3) is 3.06. The zero-order valence-corrected chi connectivity index (χ0v) is 11.3. The molecule has 5 heteroatoms. The Hall–Kier alpha value is -2.56. The number of nitrogens with zero attached hydrogens (tertiary/aromatic N) is 1. The number of aryl methyl sites for hydroxylation is 2. The summed E-state index contributed by atoms with van der Waals surface area (Å²) in [6.45, 7) is 2.02. The van der Waals surface area contributed by atoms with E-state index in [0.717, 1.165) is 11.1 Å². The van der Waals surface area contributed by atoms with Gasteiger partial charge in [-0.05, 0) is 36.2 Å². The fourth-order valence-electron chi connectivity index (χ4n) is 1.90. The number of carboxylic acids is 1. The van der Waals surface area contributed by atoms with Crippen LogP contribution in [0.1, 0.15) is 32.0 Å². The van der Waals surface area contributed by atoms with Gasteiger partial charge in [0.05, 0.1) is 5.56 Å². The van der Waals surface area contributed by atoms with E-state index in [9.17, 15) is 9.59 Å². The molecule has 2 aromatic rings. The predicted molar refractivity (Wildman–Crippen MR) is 72.7 cm³/mol. The van der Waals surface area contributed by atoms with Crippen molar-refractivity contribution in [1.29, 1.82) is 0 Å². The number of benzene rings is 1. The molecule has 1 aromatic heterocycles. The molecule has 0 aliphatic heterocycles. The zero-order valence-electron chi connectivity index (χ0n) is 11.3. The van der Waals surface area contributed by atoms with E-state index in [1.54, 1.807) is 29.8 Å². The van der Waals surface area contributed by atoms with Gasteiger partial charge in [-0.15, -0.1) is 0 Å². The highest BCUT2D eigenvalue weighted by molar-refractivity contribution is 5.88. The fraction of sp³-hybridized carbons (Fsp3) is 0.200. The number of hydrogen-bond donors (Lipinski definition) is 1. The van der Waals surface area contributed by atoms with Crippen molar-refractivity contribution in [2.75, 3.05) is 0 Å². The van der Waals surface area contributed by atoms with E-state index in [0.29, 0.717) is 5.69 Å². The van der Waals surface area contributed by atoms with Crippen LogP contribution in [0.2, 0.25) is 0 Å². The number of rotatable bonds is 4. The first-order valence-corrected chi connectivity index (χ1v) is 6.09. The molecule has 1 aromatic carbocycles. The molecular weight excluding hydrogens is 258 g/mol. The highest BCUT2D eigenvalue weighted by atomic mass is 16.5. The Bertz CT molecular complexity index is 640. The minimum Gasteiger partial charge on any atom is -0.478 e. The lowest BCUT2D eigenvalue weighted by atomic mass is 10.1. The Labute approximate surface area is 116 Å². The summed E-state index contributed by atoms with van der Waals surface area (Å²) in [5.41, 5.74) is 2.43. The molecule has 104 valence electrons. The zero-order chi connectivity index (χ0) is 14.7. The second kappa shape index (κ2) is 5.61. The molecule has 0 atom stereocenters. The third-order valence-corrected chi connectivity index (χ3v) is 2.92. The van der Waals surface area contributed by atoms with Gasteiger partial charge in [-0.2, -0.15) is 0 Å². The van der Waals surface area contributed by atoms with Crippen LogP contribution in [0.15, 0.2) is 36.5 Å². The molecule has 0 bridgehead atoms. The van der Waals surface area contributed by atoms with Gasteiger partial charge < -0.3 is 14.4 Å². The summed E-state index contributed by atoms with van der Waals surface area (Å²) in [7, 11) is 1.78. The number of ether oxygens (including phenoxy) is 1. The maximum atomic E-state index is 11.9. The van der Waals surface area contributed by atoms with E-state index in [1.807, 2.05) is 13.1 Å². The van der Waals surface area contributed by atoms with Crippen LogP contribution in [0.25, 0.3) is 0 Å². The summed E-state index contributed by atoms with van der Waals surface area (Å²) < 4.78 is 6.91. The molecule has 0 aliphatic carbocycles. The molecule has 0 amide bonds. The Balaban J connectivity index is 2.00. The third-order valence-electron chi connectivity index (χ3n) is 2.92. The molecular formula is C15H15NO4. The van der Waals surface area contributed by atoms with Gasteiger partial charge in [0, 0.05) is 13.2 Å². The van der Waals surface area contributed by atoms with E-state index < -0.39 is 11.9 Å². The smallest absolute Gasteiger partial charge is 0.355 e. The molecule has 0 spiro atoms.